The normalized spacial score (nSPS) is 10.0. The molecule has 150 valence electrons. The smallest absolute Gasteiger partial charge is 0.342 e. The molecule has 0 heterocycles. The number of ether oxygens (including phenoxy) is 5. The summed E-state index contributed by atoms with van der Waals surface area (Å²) in [4.78, 5) is 24.3. The number of hydrogen-bond donors (Lipinski definition) is 1. The van der Waals surface area contributed by atoms with Crippen molar-refractivity contribution in [3.63, 3.8) is 0 Å². The zero-order chi connectivity index (χ0) is 20.5. The lowest BCUT2D eigenvalue weighted by Crippen LogP contribution is -2.28. The summed E-state index contributed by atoms with van der Waals surface area (Å²) >= 11 is 0. The third-order valence-corrected chi connectivity index (χ3v) is 3.92. The van der Waals surface area contributed by atoms with E-state index in [0.717, 1.165) is 5.56 Å². The van der Waals surface area contributed by atoms with Gasteiger partial charge in [-0.1, -0.05) is 18.2 Å². The van der Waals surface area contributed by atoms with Gasteiger partial charge in [0.1, 0.15) is 5.56 Å². The standard InChI is InChI=1S/C20H23NO7/c1-24-15-9-5-7-13(18(15)26-3)11-21-17(22)12-28-20(23)14-8-6-10-16(25-2)19(14)27-4/h5-10H,11-12H2,1-4H3,(H,21,22). The van der Waals surface area contributed by atoms with Crippen molar-refractivity contribution >= 4 is 11.9 Å². The number of hydrogen-bond acceptors (Lipinski definition) is 7. The van der Waals surface area contributed by atoms with Crippen LogP contribution in [0.2, 0.25) is 0 Å². The molecule has 0 spiro atoms. The molecule has 0 atom stereocenters. The zero-order valence-corrected chi connectivity index (χ0v) is 16.2. The van der Waals surface area contributed by atoms with Gasteiger partial charge in [0.15, 0.2) is 29.6 Å². The fourth-order valence-corrected chi connectivity index (χ4v) is 2.59. The van der Waals surface area contributed by atoms with Crippen molar-refractivity contribution in [3.8, 4) is 23.0 Å². The summed E-state index contributed by atoms with van der Waals surface area (Å²) in [6.07, 6.45) is 0. The number of carbonyl (C=O) groups is 2. The third-order valence-electron chi connectivity index (χ3n) is 3.92. The van der Waals surface area contributed by atoms with Crippen molar-refractivity contribution < 1.29 is 33.3 Å². The molecule has 8 heteroatoms. The number of methoxy groups -OCH3 is 4. The lowest BCUT2D eigenvalue weighted by atomic mass is 10.2. The molecular weight excluding hydrogens is 366 g/mol. The number of nitrogens with one attached hydrogen (secondary N) is 1. The van der Waals surface area contributed by atoms with Crippen LogP contribution in [0, 0.1) is 0 Å². The Morgan fingerprint density at radius 2 is 1.43 bits per heavy atom. The van der Waals surface area contributed by atoms with E-state index in [1.807, 2.05) is 0 Å². The predicted octanol–water partition coefficient (Wildman–Crippen LogP) is 2.19. The fourth-order valence-electron chi connectivity index (χ4n) is 2.59. The Morgan fingerprint density at radius 3 is 2.04 bits per heavy atom. The second-order valence-corrected chi connectivity index (χ2v) is 5.55. The van der Waals surface area contributed by atoms with Gasteiger partial charge in [-0.25, -0.2) is 4.79 Å². The molecule has 0 fully saturated rings. The summed E-state index contributed by atoms with van der Waals surface area (Å²) in [6.45, 7) is -0.245. The van der Waals surface area contributed by atoms with Crippen molar-refractivity contribution in [1.82, 2.24) is 5.32 Å². The topological polar surface area (TPSA) is 92.3 Å². The first-order valence-corrected chi connectivity index (χ1v) is 8.40. The monoisotopic (exact) mass is 389 g/mol. The van der Waals surface area contributed by atoms with Crippen LogP contribution in [0.15, 0.2) is 36.4 Å². The number of esters is 1. The SMILES string of the molecule is COc1cccc(CNC(=O)COC(=O)c2cccc(OC)c2OC)c1OC. The number of benzene rings is 2. The predicted molar refractivity (Wildman–Crippen MR) is 101 cm³/mol. The molecule has 28 heavy (non-hydrogen) atoms. The first-order valence-electron chi connectivity index (χ1n) is 8.40. The van der Waals surface area contributed by atoms with Crippen molar-refractivity contribution in [2.45, 2.75) is 6.54 Å². The van der Waals surface area contributed by atoms with Crippen LogP contribution in [0.1, 0.15) is 15.9 Å². The van der Waals surface area contributed by atoms with E-state index in [9.17, 15) is 9.59 Å². The minimum Gasteiger partial charge on any atom is -0.493 e. The molecule has 1 amide bonds. The van der Waals surface area contributed by atoms with Crippen LogP contribution in [0.5, 0.6) is 23.0 Å². The number of rotatable bonds is 9. The maximum atomic E-state index is 12.3. The molecule has 0 saturated heterocycles. The molecule has 0 aliphatic carbocycles. The van der Waals surface area contributed by atoms with Crippen LogP contribution in [0.25, 0.3) is 0 Å². The molecule has 0 aliphatic rings. The molecule has 0 bridgehead atoms. The molecule has 8 nitrogen and oxygen atoms in total. The average Bonchev–Trinajstić information content (AvgIpc) is 2.74. The first-order chi connectivity index (χ1) is 13.5. The van der Waals surface area contributed by atoms with E-state index in [4.69, 9.17) is 23.7 Å². The van der Waals surface area contributed by atoms with Gasteiger partial charge in [-0.15, -0.1) is 0 Å². The summed E-state index contributed by atoms with van der Waals surface area (Å²) in [5.41, 5.74) is 0.903. The summed E-state index contributed by atoms with van der Waals surface area (Å²) in [6, 6.07) is 10.2. The summed E-state index contributed by atoms with van der Waals surface area (Å²) in [7, 11) is 5.94. The van der Waals surface area contributed by atoms with Gasteiger partial charge in [0.2, 0.25) is 0 Å². The summed E-state index contributed by atoms with van der Waals surface area (Å²) in [5.74, 6) is 0.585. The lowest BCUT2D eigenvalue weighted by Gasteiger charge is -2.14. The Hall–Kier alpha value is -3.42. The van der Waals surface area contributed by atoms with Gasteiger partial charge in [0, 0.05) is 12.1 Å². The van der Waals surface area contributed by atoms with Gasteiger partial charge in [-0.2, -0.15) is 0 Å². The van der Waals surface area contributed by atoms with E-state index in [0.29, 0.717) is 17.2 Å². The van der Waals surface area contributed by atoms with Crippen LogP contribution < -0.4 is 24.3 Å². The van der Waals surface area contributed by atoms with Crippen molar-refractivity contribution in [1.29, 1.82) is 0 Å². The second kappa shape index (κ2) is 10.1. The number of amides is 1. The van der Waals surface area contributed by atoms with Crippen LogP contribution in [0.3, 0.4) is 0 Å². The minimum atomic E-state index is -0.690. The highest BCUT2D eigenvalue weighted by molar-refractivity contribution is 5.94. The van der Waals surface area contributed by atoms with Gasteiger partial charge in [-0.3, -0.25) is 4.79 Å². The van der Waals surface area contributed by atoms with Gasteiger partial charge < -0.3 is 29.0 Å². The Labute approximate surface area is 163 Å². The molecule has 2 aromatic rings. The third kappa shape index (κ3) is 4.85. The van der Waals surface area contributed by atoms with E-state index in [1.54, 1.807) is 30.3 Å². The van der Waals surface area contributed by atoms with Crippen molar-refractivity contribution in [2.75, 3.05) is 35.0 Å². The second-order valence-electron chi connectivity index (χ2n) is 5.55. The maximum absolute atomic E-state index is 12.3. The van der Waals surface area contributed by atoms with E-state index < -0.39 is 18.5 Å². The number of carbonyl (C=O) groups excluding carboxylic acids is 2. The largest absolute Gasteiger partial charge is 0.493 e. The quantitative estimate of drug-likeness (QED) is 0.657. The molecule has 0 unspecified atom stereocenters. The molecule has 2 aromatic carbocycles. The Morgan fingerprint density at radius 1 is 0.821 bits per heavy atom. The van der Waals surface area contributed by atoms with Crippen LogP contribution in [-0.4, -0.2) is 46.9 Å². The molecule has 0 radical (unpaired) electrons. The summed E-state index contributed by atoms with van der Waals surface area (Å²) in [5, 5.41) is 2.68. The highest BCUT2D eigenvalue weighted by Crippen LogP contribution is 2.31. The highest BCUT2D eigenvalue weighted by atomic mass is 16.5. The van der Waals surface area contributed by atoms with Crippen LogP contribution in [-0.2, 0) is 16.1 Å². The molecule has 0 aliphatic heterocycles. The Bertz CT molecular complexity index is 835. The highest BCUT2D eigenvalue weighted by Gasteiger charge is 2.19. The Kier molecular flexibility index (Phi) is 7.50. The van der Waals surface area contributed by atoms with Crippen LogP contribution in [0.4, 0.5) is 0 Å². The molecular formula is C20H23NO7. The zero-order valence-electron chi connectivity index (χ0n) is 16.2. The summed E-state index contributed by atoms with van der Waals surface area (Å²) < 4.78 is 26.0. The van der Waals surface area contributed by atoms with E-state index >= 15 is 0 Å². The average molecular weight is 389 g/mol. The molecule has 2 rings (SSSR count). The minimum absolute atomic E-state index is 0.170. The van der Waals surface area contributed by atoms with E-state index in [1.165, 1.54) is 34.5 Å². The van der Waals surface area contributed by atoms with Crippen LogP contribution >= 0.6 is 0 Å². The molecule has 1 N–H and O–H groups in total. The van der Waals surface area contributed by atoms with Gasteiger partial charge in [0.05, 0.1) is 28.4 Å². The van der Waals surface area contributed by atoms with E-state index in [2.05, 4.69) is 5.32 Å². The Balaban J connectivity index is 1.96. The lowest BCUT2D eigenvalue weighted by molar-refractivity contribution is -0.124. The maximum Gasteiger partial charge on any atom is 0.342 e. The fraction of sp³-hybridized carbons (Fsp3) is 0.300. The van der Waals surface area contributed by atoms with Gasteiger partial charge >= 0.3 is 5.97 Å². The van der Waals surface area contributed by atoms with Crippen molar-refractivity contribution in [3.05, 3.63) is 47.5 Å². The van der Waals surface area contributed by atoms with Crippen molar-refractivity contribution in [2.24, 2.45) is 0 Å². The molecule has 0 aromatic heterocycles. The number of para-hydroxylation sites is 2. The van der Waals surface area contributed by atoms with Gasteiger partial charge in [0.25, 0.3) is 5.91 Å². The molecule has 0 saturated carbocycles. The van der Waals surface area contributed by atoms with E-state index in [-0.39, 0.29) is 17.9 Å². The first kappa shape index (κ1) is 20.9. The van der Waals surface area contributed by atoms with Gasteiger partial charge in [-0.05, 0) is 18.2 Å².